The average molecular weight is 196 g/mol. The van der Waals surface area contributed by atoms with Gasteiger partial charge in [-0.2, -0.15) is 5.10 Å². The third kappa shape index (κ3) is 2.23. The van der Waals surface area contributed by atoms with Gasteiger partial charge in [0.1, 0.15) is 6.33 Å². The van der Waals surface area contributed by atoms with Crippen LogP contribution in [0, 0.1) is 5.92 Å². The van der Waals surface area contributed by atoms with Crippen molar-refractivity contribution >= 4 is 0 Å². The molecule has 14 heavy (non-hydrogen) atoms. The van der Waals surface area contributed by atoms with E-state index >= 15 is 0 Å². The summed E-state index contributed by atoms with van der Waals surface area (Å²) >= 11 is 0. The molecule has 1 aromatic rings. The number of hydrogen-bond acceptors (Lipinski definition) is 3. The Morgan fingerprint density at radius 2 is 2.29 bits per heavy atom. The lowest BCUT2D eigenvalue weighted by Gasteiger charge is -2.22. The molecule has 0 aliphatic carbocycles. The van der Waals surface area contributed by atoms with E-state index in [2.05, 4.69) is 15.5 Å². The van der Waals surface area contributed by atoms with Crippen LogP contribution < -0.4 is 11.0 Å². The Morgan fingerprint density at radius 3 is 2.93 bits per heavy atom. The fourth-order valence-electron chi connectivity index (χ4n) is 1.92. The minimum atomic E-state index is -0.0982. The fourth-order valence-corrected chi connectivity index (χ4v) is 1.92. The van der Waals surface area contributed by atoms with Crippen LogP contribution in [0.2, 0.25) is 0 Å². The van der Waals surface area contributed by atoms with Crippen LogP contribution >= 0.6 is 0 Å². The molecule has 0 saturated carbocycles. The molecule has 0 amide bonds. The van der Waals surface area contributed by atoms with E-state index in [0.717, 1.165) is 32.0 Å². The summed E-state index contributed by atoms with van der Waals surface area (Å²) in [4.78, 5) is 11.1. The van der Waals surface area contributed by atoms with Crippen molar-refractivity contribution in [3.05, 3.63) is 16.8 Å². The first kappa shape index (κ1) is 9.45. The zero-order valence-electron chi connectivity index (χ0n) is 8.20. The van der Waals surface area contributed by atoms with E-state index in [4.69, 9.17) is 0 Å². The van der Waals surface area contributed by atoms with E-state index in [1.807, 2.05) is 0 Å². The molecule has 0 unspecified atom stereocenters. The Balaban J connectivity index is 1.82. The molecule has 78 valence electrons. The lowest BCUT2D eigenvalue weighted by molar-refractivity contribution is 0.336. The number of nitrogens with one attached hydrogen (secondary N) is 2. The largest absolute Gasteiger partial charge is 0.343 e. The maximum atomic E-state index is 11.1. The second-order valence-corrected chi connectivity index (χ2v) is 3.84. The molecule has 1 fully saturated rings. The van der Waals surface area contributed by atoms with Crippen molar-refractivity contribution in [2.45, 2.75) is 25.8 Å². The number of rotatable bonds is 3. The predicted octanol–water partition coefficient (Wildman–Crippen LogP) is -0.0389. The SMILES string of the molecule is O=c1[nH]ncn1CCC1CCNCC1. The summed E-state index contributed by atoms with van der Waals surface area (Å²) in [6, 6.07) is 0. The topological polar surface area (TPSA) is 62.7 Å². The van der Waals surface area contributed by atoms with Crippen LogP contribution in [0.15, 0.2) is 11.1 Å². The van der Waals surface area contributed by atoms with Gasteiger partial charge < -0.3 is 5.32 Å². The van der Waals surface area contributed by atoms with E-state index in [-0.39, 0.29) is 5.69 Å². The highest BCUT2D eigenvalue weighted by Crippen LogP contribution is 2.15. The molecule has 5 heteroatoms. The van der Waals surface area contributed by atoms with Crippen molar-refractivity contribution in [1.82, 2.24) is 20.1 Å². The van der Waals surface area contributed by atoms with Gasteiger partial charge >= 0.3 is 5.69 Å². The summed E-state index contributed by atoms with van der Waals surface area (Å²) in [5, 5.41) is 9.43. The first-order valence-electron chi connectivity index (χ1n) is 5.17. The van der Waals surface area contributed by atoms with Crippen LogP contribution in [-0.2, 0) is 6.54 Å². The monoisotopic (exact) mass is 196 g/mol. The van der Waals surface area contributed by atoms with E-state index < -0.39 is 0 Å². The molecular weight excluding hydrogens is 180 g/mol. The number of H-pyrrole nitrogens is 1. The minimum absolute atomic E-state index is 0.0982. The summed E-state index contributed by atoms with van der Waals surface area (Å²) in [6.45, 7) is 3.02. The van der Waals surface area contributed by atoms with Crippen molar-refractivity contribution in [1.29, 1.82) is 0 Å². The molecule has 0 spiro atoms. The second kappa shape index (κ2) is 4.41. The van der Waals surface area contributed by atoms with Gasteiger partial charge in [0.05, 0.1) is 0 Å². The van der Waals surface area contributed by atoms with Crippen LogP contribution in [0.1, 0.15) is 19.3 Å². The standard InChI is InChI=1S/C9H16N4O/c14-9-12-11-7-13(9)6-3-8-1-4-10-5-2-8/h7-8,10H,1-6H2,(H,12,14). The number of nitrogens with zero attached hydrogens (tertiary/aromatic N) is 2. The third-order valence-electron chi connectivity index (χ3n) is 2.86. The molecule has 1 aliphatic heterocycles. The molecule has 2 N–H and O–H groups in total. The Labute approximate surface area is 82.5 Å². The fraction of sp³-hybridized carbons (Fsp3) is 0.778. The highest BCUT2D eigenvalue weighted by atomic mass is 16.1. The van der Waals surface area contributed by atoms with E-state index in [0.29, 0.717) is 0 Å². The molecule has 5 nitrogen and oxygen atoms in total. The minimum Gasteiger partial charge on any atom is -0.317 e. The number of piperidine rings is 1. The Hall–Kier alpha value is -1.10. The summed E-state index contributed by atoms with van der Waals surface area (Å²) in [6.07, 6.45) is 5.11. The van der Waals surface area contributed by atoms with E-state index in [1.54, 1.807) is 10.9 Å². The zero-order chi connectivity index (χ0) is 9.80. The Morgan fingerprint density at radius 1 is 1.50 bits per heavy atom. The van der Waals surface area contributed by atoms with Gasteiger partial charge in [-0.05, 0) is 38.3 Å². The number of hydrogen-bond donors (Lipinski definition) is 2. The van der Waals surface area contributed by atoms with Crippen molar-refractivity contribution in [2.75, 3.05) is 13.1 Å². The van der Waals surface area contributed by atoms with Crippen molar-refractivity contribution in [3.63, 3.8) is 0 Å². The zero-order valence-corrected chi connectivity index (χ0v) is 8.20. The van der Waals surface area contributed by atoms with Gasteiger partial charge in [0.15, 0.2) is 0 Å². The number of aromatic amines is 1. The summed E-state index contributed by atoms with van der Waals surface area (Å²) < 4.78 is 1.64. The first-order chi connectivity index (χ1) is 6.86. The molecule has 2 rings (SSSR count). The molecule has 0 aromatic carbocycles. The molecule has 1 saturated heterocycles. The quantitative estimate of drug-likeness (QED) is 0.713. The van der Waals surface area contributed by atoms with Crippen LogP contribution in [-0.4, -0.2) is 27.9 Å². The third-order valence-corrected chi connectivity index (χ3v) is 2.86. The highest BCUT2D eigenvalue weighted by molar-refractivity contribution is 4.70. The number of aromatic nitrogens is 3. The van der Waals surface area contributed by atoms with Gasteiger partial charge in [0, 0.05) is 6.54 Å². The molecule has 1 aromatic heterocycles. The molecule has 2 heterocycles. The summed E-state index contributed by atoms with van der Waals surface area (Å²) in [5.74, 6) is 0.762. The van der Waals surface area contributed by atoms with Gasteiger partial charge in [-0.1, -0.05) is 0 Å². The Bertz CT molecular complexity index is 324. The maximum absolute atomic E-state index is 11.1. The van der Waals surface area contributed by atoms with Crippen LogP contribution in [0.3, 0.4) is 0 Å². The molecule has 0 bridgehead atoms. The smallest absolute Gasteiger partial charge is 0.317 e. The first-order valence-corrected chi connectivity index (χ1v) is 5.17. The van der Waals surface area contributed by atoms with Gasteiger partial charge in [0.25, 0.3) is 0 Å². The van der Waals surface area contributed by atoms with Crippen molar-refractivity contribution in [3.8, 4) is 0 Å². The summed E-state index contributed by atoms with van der Waals surface area (Å²) in [7, 11) is 0. The van der Waals surface area contributed by atoms with Gasteiger partial charge in [-0.25, -0.2) is 9.89 Å². The lowest BCUT2D eigenvalue weighted by atomic mass is 9.95. The van der Waals surface area contributed by atoms with Gasteiger partial charge in [-0.3, -0.25) is 4.57 Å². The lowest BCUT2D eigenvalue weighted by Crippen LogP contribution is -2.29. The van der Waals surface area contributed by atoms with Crippen molar-refractivity contribution in [2.24, 2.45) is 5.92 Å². The number of aryl methyl sites for hydroxylation is 1. The molecule has 1 aliphatic rings. The maximum Gasteiger partial charge on any atom is 0.343 e. The molecular formula is C9H16N4O. The molecule has 0 radical (unpaired) electrons. The van der Waals surface area contributed by atoms with Gasteiger partial charge in [0.2, 0.25) is 0 Å². The van der Waals surface area contributed by atoms with Crippen molar-refractivity contribution < 1.29 is 0 Å². The average Bonchev–Trinajstić information content (AvgIpc) is 2.63. The summed E-state index contributed by atoms with van der Waals surface area (Å²) in [5.41, 5.74) is -0.0982. The van der Waals surface area contributed by atoms with E-state index in [9.17, 15) is 4.79 Å². The van der Waals surface area contributed by atoms with Crippen LogP contribution in [0.5, 0.6) is 0 Å². The molecule has 0 atom stereocenters. The predicted molar refractivity (Wildman–Crippen MR) is 53.1 cm³/mol. The van der Waals surface area contributed by atoms with Crippen LogP contribution in [0.25, 0.3) is 0 Å². The normalized spacial score (nSPS) is 18.6. The highest BCUT2D eigenvalue weighted by Gasteiger charge is 2.12. The van der Waals surface area contributed by atoms with Gasteiger partial charge in [-0.15, -0.1) is 0 Å². The van der Waals surface area contributed by atoms with E-state index in [1.165, 1.54) is 12.8 Å². The van der Waals surface area contributed by atoms with Crippen LogP contribution in [0.4, 0.5) is 0 Å². The Kier molecular flexibility index (Phi) is 2.98. The second-order valence-electron chi connectivity index (χ2n) is 3.84.